The lowest BCUT2D eigenvalue weighted by molar-refractivity contribution is -0.478. The second-order valence-corrected chi connectivity index (χ2v) is 1.77. The molecule has 0 fully saturated rings. The second kappa shape index (κ2) is 5.40. The van der Waals surface area contributed by atoms with E-state index in [-0.39, 0.29) is 13.0 Å². The molecule has 62 valence electrons. The summed E-state index contributed by atoms with van der Waals surface area (Å²) in [5.74, 6) is -0.492. The molecule has 11 heavy (non-hydrogen) atoms. The van der Waals surface area contributed by atoms with Gasteiger partial charge in [-0.15, -0.1) is 0 Å². The van der Waals surface area contributed by atoms with Crippen LogP contribution in [-0.2, 0) is 9.53 Å². The van der Waals surface area contributed by atoms with Gasteiger partial charge in [0, 0.05) is 17.4 Å². The van der Waals surface area contributed by atoms with Crippen LogP contribution in [0.4, 0.5) is 0 Å². The molecule has 0 unspecified atom stereocenters. The van der Waals surface area contributed by atoms with Crippen molar-refractivity contribution in [1.29, 1.82) is 0 Å². The van der Waals surface area contributed by atoms with Crippen LogP contribution in [0.1, 0.15) is 6.42 Å². The third kappa shape index (κ3) is 6.50. The molecular formula is C6H9NO4. The van der Waals surface area contributed by atoms with E-state index in [0.717, 1.165) is 0 Å². The summed E-state index contributed by atoms with van der Waals surface area (Å²) in [5, 5.41) is 9.77. The van der Waals surface area contributed by atoms with Crippen molar-refractivity contribution in [2.75, 3.05) is 13.7 Å². The highest BCUT2D eigenvalue weighted by atomic mass is 16.6. The van der Waals surface area contributed by atoms with Crippen molar-refractivity contribution in [2.24, 2.45) is 0 Å². The van der Waals surface area contributed by atoms with Crippen LogP contribution in [0.25, 0.3) is 0 Å². The number of carbonyl (C=O) groups is 1. The minimum atomic E-state index is -0.492. The van der Waals surface area contributed by atoms with Crippen molar-refractivity contribution in [2.45, 2.75) is 6.42 Å². The molecule has 5 nitrogen and oxygen atoms in total. The van der Waals surface area contributed by atoms with E-state index < -0.39 is 10.9 Å². The lowest BCUT2D eigenvalue weighted by Crippen LogP contribution is -1.99. The molecule has 0 N–H and O–H groups in total. The third-order valence-electron chi connectivity index (χ3n) is 0.933. The van der Waals surface area contributed by atoms with Gasteiger partial charge >= 0.3 is 5.97 Å². The van der Waals surface area contributed by atoms with Gasteiger partial charge in [-0.2, -0.15) is 0 Å². The van der Waals surface area contributed by atoms with Crippen molar-refractivity contribution in [3.05, 3.63) is 22.3 Å². The van der Waals surface area contributed by atoms with E-state index in [1.807, 2.05) is 0 Å². The first kappa shape index (κ1) is 9.61. The standard InChI is InChI=1S/C6H9NO4/c1-11-6(8)4-2-3-5-7(9)10/h2,4H,3,5H2,1H3/b4-2+. The number of hydrogen-bond acceptors (Lipinski definition) is 4. The molecule has 0 aliphatic heterocycles. The predicted molar refractivity (Wildman–Crippen MR) is 37.6 cm³/mol. The smallest absolute Gasteiger partial charge is 0.330 e. The first-order valence-corrected chi connectivity index (χ1v) is 3.03. The summed E-state index contributed by atoms with van der Waals surface area (Å²) in [6.45, 7) is -0.159. The second-order valence-electron chi connectivity index (χ2n) is 1.77. The summed E-state index contributed by atoms with van der Waals surface area (Å²) in [4.78, 5) is 19.7. The SMILES string of the molecule is COC(=O)/C=C/CC[N+](=O)[O-]. The largest absolute Gasteiger partial charge is 0.466 e. The van der Waals surface area contributed by atoms with Gasteiger partial charge in [0.15, 0.2) is 0 Å². The molecule has 0 saturated carbocycles. The molecule has 0 aromatic carbocycles. The first-order valence-electron chi connectivity index (χ1n) is 3.03. The third-order valence-corrected chi connectivity index (χ3v) is 0.933. The summed E-state index contributed by atoms with van der Waals surface area (Å²) in [5.41, 5.74) is 0. The fourth-order valence-corrected chi connectivity index (χ4v) is 0.428. The molecule has 0 amide bonds. The van der Waals surface area contributed by atoms with Crippen molar-refractivity contribution < 1.29 is 14.5 Å². The van der Waals surface area contributed by atoms with E-state index >= 15 is 0 Å². The van der Waals surface area contributed by atoms with Crippen LogP contribution in [0, 0.1) is 10.1 Å². The number of methoxy groups -OCH3 is 1. The average Bonchev–Trinajstić information content (AvgIpc) is 1.97. The molecule has 0 aromatic rings. The Hall–Kier alpha value is -1.39. The maximum Gasteiger partial charge on any atom is 0.330 e. The number of carbonyl (C=O) groups excluding carboxylic acids is 1. The Morgan fingerprint density at radius 3 is 2.82 bits per heavy atom. The molecule has 0 bridgehead atoms. The van der Waals surface area contributed by atoms with Gasteiger partial charge in [-0.1, -0.05) is 6.08 Å². The Bertz CT molecular complexity index is 175. The Morgan fingerprint density at radius 2 is 2.36 bits per heavy atom. The lowest BCUT2D eigenvalue weighted by atomic mass is 10.4. The zero-order valence-electron chi connectivity index (χ0n) is 6.15. The molecule has 0 radical (unpaired) electrons. The number of nitro groups is 1. The topological polar surface area (TPSA) is 69.4 Å². The molecule has 0 spiro atoms. The highest BCUT2D eigenvalue weighted by Crippen LogP contribution is 1.85. The van der Waals surface area contributed by atoms with E-state index in [9.17, 15) is 14.9 Å². The molecule has 0 saturated heterocycles. The molecule has 0 rings (SSSR count). The Labute approximate surface area is 63.8 Å². The van der Waals surface area contributed by atoms with Gasteiger partial charge in [-0.05, 0) is 0 Å². The lowest BCUT2D eigenvalue weighted by Gasteiger charge is -1.88. The number of nitrogens with zero attached hydrogens (tertiary/aromatic N) is 1. The van der Waals surface area contributed by atoms with Gasteiger partial charge in [0.05, 0.1) is 7.11 Å². The average molecular weight is 159 g/mol. The van der Waals surface area contributed by atoms with Gasteiger partial charge in [0.1, 0.15) is 0 Å². The van der Waals surface area contributed by atoms with Crippen LogP contribution < -0.4 is 0 Å². The van der Waals surface area contributed by atoms with Crippen LogP contribution in [0.3, 0.4) is 0 Å². The van der Waals surface area contributed by atoms with Gasteiger partial charge in [0.25, 0.3) is 0 Å². The first-order chi connectivity index (χ1) is 5.16. The maximum atomic E-state index is 10.4. The molecule has 0 aliphatic carbocycles. The molecule has 0 heterocycles. The van der Waals surface area contributed by atoms with Gasteiger partial charge in [0.2, 0.25) is 6.54 Å². The molecule has 0 aliphatic rings. The summed E-state index contributed by atoms with van der Waals surface area (Å²) in [7, 11) is 1.25. The summed E-state index contributed by atoms with van der Waals surface area (Å²) < 4.78 is 4.26. The highest BCUT2D eigenvalue weighted by molar-refractivity contribution is 5.81. The van der Waals surface area contributed by atoms with Crippen molar-refractivity contribution in [1.82, 2.24) is 0 Å². The zero-order chi connectivity index (χ0) is 8.69. The molecule has 5 heteroatoms. The van der Waals surface area contributed by atoms with E-state index in [4.69, 9.17) is 0 Å². The maximum absolute atomic E-state index is 10.4. The van der Waals surface area contributed by atoms with E-state index in [2.05, 4.69) is 4.74 Å². The Balaban J connectivity index is 3.45. The number of rotatable bonds is 4. The van der Waals surface area contributed by atoms with E-state index in [1.165, 1.54) is 19.3 Å². The molecular weight excluding hydrogens is 150 g/mol. The monoisotopic (exact) mass is 159 g/mol. The normalized spacial score (nSPS) is 9.91. The van der Waals surface area contributed by atoms with Crippen LogP contribution in [0.5, 0.6) is 0 Å². The minimum absolute atomic E-state index is 0.159. The van der Waals surface area contributed by atoms with Crippen LogP contribution >= 0.6 is 0 Å². The van der Waals surface area contributed by atoms with E-state index in [1.54, 1.807) is 0 Å². The molecule has 0 atom stereocenters. The number of hydrogen-bond donors (Lipinski definition) is 0. The zero-order valence-corrected chi connectivity index (χ0v) is 6.15. The number of esters is 1. The quantitative estimate of drug-likeness (QED) is 0.257. The number of ether oxygens (including phenoxy) is 1. The highest BCUT2D eigenvalue weighted by Gasteiger charge is 1.93. The van der Waals surface area contributed by atoms with Gasteiger partial charge in [-0.3, -0.25) is 10.1 Å². The van der Waals surface area contributed by atoms with Crippen LogP contribution in [0.2, 0.25) is 0 Å². The molecule has 0 aromatic heterocycles. The van der Waals surface area contributed by atoms with Crippen molar-refractivity contribution in [3.8, 4) is 0 Å². The Kier molecular flexibility index (Phi) is 4.72. The van der Waals surface area contributed by atoms with E-state index in [0.29, 0.717) is 0 Å². The fraction of sp³-hybridized carbons (Fsp3) is 0.500. The van der Waals surface area contributed by atoms with Crippen LogP contribution in [0.15, 0.2) is 12.2 Å². The summed E-state index contributed by atoms with van der Waals surface area (Å²) >= 11 is 0. The van der Waals surface area contributed by atoms with Crippen LogP contribution in [-0.4, -0.2) is 24.5 Å². The summed E-state index contributed by atoms with van der Waals surface area (Å²) in [6, 6.07) is 0. The fourth-order valence-electron chi connectivity index (χ4n) is 0.428. The predicted octanol–water partition coefficient (Wildman–Crippen LogP) is 0.382. The Morgan fingerprint density at radius 1 is 1.73 bits per heavy atom. The van der Waals surface area contributed by atoms with Crippen molar-refractivity contribution in [3.63, 3.8) is 0 Å². The minimum Gasteiger partial charge on any atom is -0.466 e. The van der Waals surface area contributed by atoms with Crippen molar-refractivity contribution >= 4 is 5.97 Å². The van der Waals surface area contributed by atoms with Gasteiger partial charge < -0.3 is 4.74 Å². The summed E-state index contributed by atoms with van der Waals surface area (Å²) in [6.07, 6.45) is 2.83. The van der Waals surface area contributed by atoms with Gasteiger partial charge in [-0.25, -0.2) is 4.79 Å².